The molecule has 0 unspecified atom stereocenters. The van der Waals surface area contributed by atoms with Gasteiger partial charge in [0.15, 0.2) is 0 Å². The average molecular weight is 175 g/mol. The molecule has 0 saturated carbocycles. The molecule has 6 heteroatoms. The summed E-state index contributed by atoms with van der Waals surface area (Å²) in [6, 6.07) is 0. The van der Waals surface area contributed by atoms with Gasteiger partial charge in [0.25, 0.3) is 0 Å². The predicted octanol–water partition coefficient (Wildman–Crippen LogP) is -0.764. The summed E-state index contributed by atoms with van der Waals surface area (Å²) in [6.45, 7) is 0.942. The Bertz CT molecular complexity index is 185. The van der Waals surface area contributed by atoms with Gasteiger partial charge in [-0.15, -0.1) is 0 Å². The van der Waals surface area contributed by atoms with Crippen LogP contribution in [-0.2, 0) is 10.3 Å². The van der Waals surface area contributed by atoms with E-state index < -0.39 is 10.3 Å². The molecule has 0 aromatic rings. The number of nitrogens with zero attached hydrogens (tertiary/aromatic N) is 1. The molecule has 0 bridgehead atoms. The van der Waals surface area contributed by atoms with Crippen LogP contribution in [0, 0.1) is 0 Å². The second-order valence-corrected chi connectivity index (χ2v) is 3.50. The fraction of sp³-hybridized carbons (Fsp3) is 1.00. The summed E-state index contributed by atoms with van der Waals surface area (Å²) in [7, 11) is -3.87. The average Bonchev–Trinajstić information content (AvgIpc) is 2.08. The van der Waals surface area contributed by atoms with Gasteiger partial charge in [0.05, 0.1) is 0 Å². The number of rotatable bonds is 1. The van der Waals surface area contributed by atoms with Crippen LogP contribution < -0.4 is 0 Å². The van der Waals surface area contributed by atoms with Crippen molar-refractivity contribution in [3.63, 3.8) is 0 Å². The van der Waals surface area contributed by atoms with Crippen molar-refractivity contribution < 1.29 is 13.0 Å². The van der Waals surface area contributed by atoms with Crippen LogP contribution in [-0.4, -0.2) is 59.9 Å². The van der Waals surface area contributed by atoms with E-state index >= 15 is 0 Å². The fourth-order valence-electron chi connectivity index (χ4n) is 0.919. The third kappa shape index (κ3) is 2.86. The molecule has 56 valence electrons. The Morgan fingerprint density at radius 2 is 1.60 bits per heavy atom. The van der Waals surface area contributed by atoms with E-state index in [9.17, 15) is 8.42 Å². The second-order valence-electron chi connectivity index (χ2n) is 2.08. The molecule has 4 nitrogen and oxygen atoms in total. The molecule has 0 radical (unpaired) electrons. The fourth-order valence-corrected chi connectivity index (χ4v) is 1.64. The molecule has 1 rings (SSSR count). The zero-order valence-electron chi connectivity index (χ0n) is 4.95. The van der Waals surface area contributed by atoms with Crippen molar-refractivity contribution in [2.45, 2.75) is 12.8 Å². The van der Waals surface area contributed by atoms with Crippen LogP contribution in [0.2, 0.25) is 0 Å². The molecule has 1 heterocycles. The normalized spacial score (nSPS) is 20.5. The number of hydrogen-bond acceptors (Lipinski definition) is 2. The first-order valence-corrected chi connectivity index (χ1v) is 4.23. The van der Waals surface area contributed by atoms with E-state index in [-0.39, 0.29) is 29.6 Å². The monoisotopic (exact) mass is 175 g/mol. The second kappa shape index (κ2) is 4.04. The summed E-state index contributed by atoms with van der Waals surface area (Å²) < 4.78 is 30.1. The molecule has 0 aromatic carbocycles. The Morgan fingerprint density at radius 1 is 1.20 bits per heavy atom. The van der Waals surface area contributed by atoms with Crippen LogP contribution in [0.4, 0.5) is 0 Å². The minimum absolute atomic E-state index is 0. The van der Waals surface area contributed by atoms with Crippen molar-refractivity contribution in [3.8, 4) is 0 Å². The van der Waals surface area contributed by atoms with E-state index in [4.69, 9.17) is 4.55 Å². The van der Waals surface area contributed by atoms with Crippen LogP contribution in [0.5, 0.6) is 0 Å². The van der Waals surface area contributed by atoms with E-state index in [2.05, 4.69) is 0 Å². The van der Waals surface area contributed by atoms with Gasteiger partial charge in [-0.3, -0.25) is 4.55 Å². The molecule has 0 atom stereocenters. The van der Waals surface area contributed by atoms with Crippen LogP contribution >= 0.6 is 0 Å². The van der Waals surface area contributed by atoms with Crippen molar-refractivity contribution in [1.29, 1.82) is 0 Å². The molecule has 0 amide bonds. The zero-order valence-corrected chi connectivity index (χ0v) is 5.76. The molecule has 0 spiro atoms. The van der Waals surface area contributed by atoms with E-state index in [0.717, 1.165) is 17.1 Å². The van der Waals surface area contributed by atoms with Gasteiger partial charge < -0.3 is 0 Å². The Balaban J connectivity index is 0.000000810. The third-order valence-corrected chi connectivity index (χ3v) is 2.41. The van der Waals surface area contributed by atoms with Gasteiger partial charge >= 0.3 is 39.9 Å². The Kier molecular flexibility index (Phi) is 4.39. The van der Waals surface area contributed by atoms with Crippen LogP contribution in [0.25, 0.3) is 0 Å². The van der Waals surface area contributed by atoms with Crippen molar-refractivity contribution in [3.05, 3.63) is 0 Å². The van der Waals surface area contributed by atoms with Crippen molar-refractivity contribution in [2.75, 3.05) is 13.1 Å². The molecule has 1 aliphatic rings. The van der Waals surface area contributed by atoms with E-state index in [0.29, 0.717) is 13.1 Å². The van der Waals surface area contributed by atoms with E-state index in [1.165, 1.54) is 0 Å². The molecule has 10 heavy (non-hydrogen) atoms. The Labute approximate surface area is 82.8 Å². The summed E-state index contributed by atoms with van der Waals surface area (Å²) in [6.07, 6.45) is 1.72. The van der Waals surface area contributed by atoms with Gasteiger partial charge in [0, 0.05) is 13.1 Å². The Morgan fingerprint density at radius 3 is 1.80 bits per heavy atom. The molecule has 1 fully saturated rings. The van der Waals surface area contributed by atoms with E-state index in [1.54, 1.807) is 0 Å². The van der Waals surface area contributed by atoms with Crippen LogP contribution in [0.15, 0.2) is 0 Å². The maximum atomic E-state index is 10.3. The van der Waals surface area contributed by atoms with Gasteiger partial charge in [0.2, 0.25) is 0 Å². The van der Waals surface area contributed by atoms with Gasteiger partial charge in [-0.25, -0.2) is 0 Å². The molecular weight excluding hydrogens is 165 g/mol. The summed E-state index contributed by atoms with van der Waals surface area (Å²) in [5.74, 6) is 0. The third-order valence-electron chi connectivity index (χ3n) is 1.39. The van der Waals surface area contributed by atoms with E-state index in [1.807, 2.05) is 0 Å². The quantitative estimate of drug-likeness (QED) is 0.421. The summed E-state index contributed by atoms with van der Waals surface area (Å²) >= 11 is 0. The summed E-state index contributed by atoms with van der Waals surface area (Å²) in [4.78, 5) is 0. The van der Waals surface area contributed by atoms with Gasteiger partial charge in [-0.1, -0.05) is 0 Å². The van der Waals surface area contributed by atoms with Gasteiger partial charge in [-0.2, -0.15) is 12.7 Å². The molecule has 0 aromatic heterocycles. The van der Waals surface area contributed by atoms with Crippen molar-refractivity contribution in [2.24, 2.45) is 0 Å². The minimum atomic E-state index is -3.87. The zero-order chi connectivity index (χ0) is 6.91. The summed E-state index contributed by atoms with van der Waals surface area (Å²) in [5, 5.41) is 0. The van der Waals surface area contributed by atoms with Gasteiger partial charge in [0.1, 0.15) is 0 Å². The SMILES string of the molecule is O=S(=O)(O)N1CCCC1.[NaH]. The standard InChI is InChI=1S/C4H9NO3S.Na.H/c6-9(7,8)5-3-1-2-4-5;;/h1-4H2,(H,6,7,8);;. The molecule has 1 aliphatic heterocycles. The molecule has 0 aliphatic carbocycles. The first kappa shape index (κ1) is 10.9. The maximum absolute atomic E-state index is 10.3. The first-order chi connectivity index (χ1) is 4.11. The molecule has 1 saturated heterocycles. The van der Waals surface area contributed by atoms with Crippen LogP contribution in [0.1, 0.15) is 12.8 Å². The predicted molar refractivity (Wildman–Crippen MR) is 39.5 cm³/mol. The number of hydrogen-bond donors (Lipinski definition) is 1. The van der Waals surface area contributed by atoms with Crippen LogP contribution in [0.3, 0.4) is 0 Å². The molecular formula is C4H10NNaO3S. The van der Waals surface area contributed by atoms with Gasteiger partial charge in [-0.05, 0) is 12.8 Å². The van der Waals surface area contributed by atoms with Crippen molar-refractivity contribution in [1.82, 2.24) is 4.31 Å². The Hall–Kier alpha value is 0.870. The summed E-state index contributed by atoms with van der Waals surface area (Å²) in [5.41, 5.74) is 0. The molecule has 1 N–H and O–H groups in total. The topological polar surface area (TPSA) is 57.6 Å². The van der Waals surface area contributed by atoms with Crippen molar-refractivity contribution >= 4 is 39.9 Å². The first-order valence-electron chi connectivity index (χ1n) is 2.83.